The quantitative estimate of drug-likeness (QED) is 0.727. The molecule has 5 nitrogen and oxygen atoms in total. The van der Waals surface area contributed by atoms with Crippen LogP contribution in [0.15, 0.2) is 6.07 Å². The van der Waals surface area contributed by atoms with Crippen molar-refractivity contribution in [2.75, 3.05) is 5.32 Å². The summed E-state index contributed by atoms with van der Waals surface area (Å²) in [5.41, 5.74) is 5.21. The van der Waals surface area contributed by atoms with E-state index in [0.717, 1.165) is 12.8 Å². The number of halogens is 1. The van der Waals surface area contributed by atoms with E-state index in [0.29, 0.717) is 11.9 Å². The van der Waals surface area contributed by atoms with Crippen LogP contribution in [0.1, 0.15) is 23.3 Å². The summed E-state index contributed by atoms with van der Waals surface area (Å²) in [6.45, 7) is 0. The first kappa shape index (κ1) is 9.21. The lowest BCUT2D eigenvalue weighted by molar-refractivity contribution is 0.0995. The average molecular weight is 213 g/mol. The highest BCUT2D eigenvalue weighted by Crippen LogP contribution is 2.24. The number of nitrogens with one attached hydrogen (secondary N) is 1. The van der Waals surface area contributed by atoms with E-state index in [1.54, 1.807) is 0 Å². The number of nitrogens with two attached hydrogens (primary N) is 1. The minimum atomic E-state index is -0.604. The molecule has 1 aromatic heterocycles. The van der Waals surface area contributed by atoms with Crippen molar-refractivity contribution in [3.63, 3.8) is 0 Å². The summed E-state index contributed by atoms with van der Waals surface area (Å²) >= 11 is 5.63. The molecule has 1 saturated carbocycles. The van der Waals surface area contributed by atoms with E-state index in [-0.39, 0.29) is 11.0 Å². The molecule has 1 aliphatic rings. The number of hydrogen-bond donors (Lipinski definition) is 2. The van der Waals surface area contributed by atoms with Crippen LogP contribution in [0, 0.1) is 0 Å². The number of anilines is 1. The summed E-state index contributed by atoms with van der Waals surface area (Å²) in [5, 5.41) is 3.14. The maximum atomic E-state index is 10.9. The highest BCUT2D eigenvalue weighted by atomic mass is 35.5. The molecule has 0 aromatic carbocycles. The van der Waals surface area contributed by atoms with Crippen LogP contribution in [0.5, 0.6) is 0 Å². The molecule has 0 bridgehead atoms. The normalized spacial score (nSPS) is 15.2. The van der Waals surface area contributed by atoms with Crippen LogP contribution in [0.4, 0.5) is 5.82 Å². The van der Waals surface area contributed by atoms with E-state index in [4.69, 9.17) is 17.3 Å². The van der Waals surface area contributed by atoms with Crippen molar-refractivity contribution in [3.05, 3.63) is 17.0 Å². The van der Waals surface area contributed by atoms with E-state index in [2.05, 4.69) is 15.3 Å². The molecular weight excluding hydrogens is 204 g/mol. The summed E-state index contributed by atoms with van der Waals surface area (Å²) < 4.78 is 0. The molecule has 0 aliphatic heterocycles. The van der Waals surface area contributed by atoms with Gasteiger partial charge in [-0.05, 0) is 24.4 Å². The molecular formula is C8H9ClN4O. The maximum absolute atomic E-state index is 10.9. The first-order valence-electron chi connectivity index (χ1n) is 4.26. The van der Waals surface area contributed by atoms with E-state index in [9.17, 15) is 4.79 Å². The number of carbonyl (C=O) groups is 1. The van der Waals surface area contributed by atoms with Gasteiger partial charge in [0.15, 0.2) is 0 Å². The van der Waals surface area contributed by atoms with Gasteiger partial charge in [0.2, 0.25) is 5.28 Å². The Balaban J connectivity index is 2.25. The van der Waals surface area contributed by atoms with Crippen LogP contribution < -0.4 is 11.1 Å². The van der Waals surface area contributed by atoms with Crippen LogP contribution in [-0.4, -0.2) is 21.9 Å². The van der Waals surface area contributed by atoms with Gasteiger partial charge in [0.1, 0.15) is 11.5 Å². The van der Waals surface area contributed by atoms with Gasteiger partial charge in [-0.2, -0.15) is 0 Å². The standard InChI is InChI=1S/C8H9ClN4O/c9-8-12-5(7(10)14)3-6(13-8)11-4-1-2-4/h3-4H,1-2H2,(H2,10,14)(H,11,12,13). The van der Waals surface area contributed by atoms with Crippen LogP contribution in [0.3, 0.4) is 0 Å². The number of hydrogen-bond acceptors (Lipinski definition) is 4. The lowest BCUT2D eigenvalue weighted by atomic mass is 10.4. The highest BCUT2D eigenvalue weighted by Gasteiger charge is 2.22. The molecule has 1 amide bonds. The Hall–Kier alpha value is -1.36. The van der Waals surface area contributed by atoms with Gasteiger partial charge in [0.05, 0.1) is 0 Å². The Morgan fingerprint density at radius 1 is 1.57 bits per heavy atom. The first-order valence-corrected chi connectivity index (χ1v) is 4.64. The zero-order valence-electron chi connectivity index (χ0n) is 7.33. The highest BCUT2D eigenvalue weighted by molar-refractivity contribution is 6.28. The molecule has 74 valence electrons. The predicted octanol–water partition coefficient (Wildman–Crippen LogP) is 0.803. The first-order chi connectivity index (χ1) is 6.65. The summed E-state index contributed by atoms with van der Waals surface area (Å²) in [7, 11) is 0. The Morgan fingerprint density at radius 3 is 2.86 bits per heavy atom. The summed E-state index contributed by atoms with van der Waals surface area (Å²) in [4.78, 5) is 18.5. The Labute approximate surface area is 85.7 Å². The van der Waals surface area contributed by atoms with Gasteiger partial charge in [-0.25, -0.2) is 9.97 Å². The van der Waals surface area contributed by atoms with Crippen molar-refractivity contribution in [3.8, 4) is 0 Å². The van der Waals surface area contributed by atoms with Gasteiger partial charge in [-0.15, -0.1) is 0 Å². The fraction of sp³-hybridized carbons (Fsp3) is 0.375. The van der Waals surface area contributed by atoms with E-state index in [1.807, 2.05) is 0 Å². The predicted molar refractivity (Wildman–Crippen MR) is 52.2 cm³/mol. The summed E-state index contributed by atoms with van der Waals surface area (Å²) in [6.07, 6.45) is 2.24. The van der Waals surface area contributed by atoms with Crippen LogP contribution in [0.2, 0.25) is 5.28 Å². The van der Waals surface area contributed by atoms with Gasteiger partial charge in [0, 0.05) is 12.1 Å². The van der Waals surface area contributed by atoms with Crippen LogP contribution >= 0.6 is 11.6 Å². The van der Waals surface area contributed by atoms with Crippen LogP contribution in [-0.2, 0) is 0 Å². The fourth-order valence-corrected chi connectivity index (χ4v) is 1.24. The fourth-order valence-electron chi connectivity index (χ4n) is 1.05. The topological polar surface area (TPSA) is 80.9 Å². The number of primary amides is 1. The van der Waals surface area contributed by atoms with Gasteiger partial charge >= 0.3 is 0 Å². The van der Waals surface area contributed by atoms with Crippen molar-refractivity contribution < 1.29 is 4.79 Å². The van der Waals surface area contributed by atoms with E-state index < -0.39 is 5.91 Å². The average Bonchev–Trinajstić information content (AvgIpc) is 2.87. The van der Waals surface area contributed by atoms with Gasteiger partial charge in [-0.1, -0.05) is 0 Å². The third-order valence-electron chi connectivity index (χ3n) is 1.88. The third-order valence-corrected chi connectivity index (χ3v) is 2.05. The zero-order chi connectivity index (χ0) is 10.1. The minimum Gasteiger partial charge on any atom is -0.367 e. The Morgan fingerprint density at radius 2 is 2.29 bits per heavy atom. The van der Waals surface area contributed by atoms with Gasteiger partial charge in [0.25, 0.3) is 5.91 Å². The number of nitrogens with zero attached hydrogens (tertiary/aromatic N) is 2. The lowest BCUT2D eigenvalue weighted by Gasteiger charge is -2.04. The third kappa shape index (κ3) is 2.11. The molecule has 1 aliphatic carbocycles. The summed E-state index contributed by atoms with van der Waals surface area (Å²) in [5.74, 6) is -0.0468. The molecule has 3 N–H and O–H groups in total. The van der Waals surface area contributed by atoms with Crippen molar-refractivity contribution in [2.24, 2.45) is 5.73 Å². The zero-order valence-corrected chi connectivity index (χ0v) is 8.08. The van der Waals surface area contributed by atoms with Crippen molar-refractivity contribution in [1.29, 1.82) is 0 Å². The maximum Gasteiger partial charge on any atom is 0.267 e. The number of carbonyl (C=O) groups excluding carboxylic acids is 1. The largest absolute Gasteiger partial charge is 0.367 e. The molecule has 0 unspecified atom stereocenters. The lowest BCUT2D eigenvalue weighted by Crippen LogP contribution is -2.15. The molecule has 0 spiro atoms. The van der Waals surface area contributed by atoms with Crippen molar-refractivity contribution >= 4 is 23.3 Å². The van der Waals surface area contributed by atoms with Crippen molar-refractivity contribution in [2.45, 2.75) is 18.9 Å². The molecule has 0 radical (unpaired) electrons. The SMILES string of the molecule is NC(=O)c1cc(NC2CC2)nc(Cl)n1. The monoisotopic (exact) mass is 212 g/mol. The molecule has 14 heavy (non-hydrogen) atoms. The smallest absolute Gasteiger partial charge is 0.267 e. The minimum absolute atomic E-state index is 0.0319. The van der Waals surface area contributed by atoms with Gasteiger partial charge in [-0.3, -0.25) is 4.79 Å². The molecule has 1 heterocycles. The van der Waals surface area contributed by atoms with Crippen LogP contribution in [0.25, 0.3) is 0 Å². The number of amides is 1. The number of aromatic nitrogens is 2. The second kappa shape index (κ2) is 3.42. The molecule has 0 atom stereocenters. The van der Waals surface area contributed by atoms with Crippen molar-refractivity contribution in [1.82, 2.24) is 9.97 Å². The molecule has 2 rings (SSSR count). The number of rotatable bonds is 3. The van der Waals surface area contributed by atoms with Gasteiger partial charge < -0.3 is 11.1 Å². The second-order valence-electron chi connectivity index (χ2n) is 3.19. The summed E-state index contributed by atoms with van der Waals surface area (Å²) in [6, 6.07) is 1.95. The molecule has 6 heteroatoms. The second-order valence-corrected chi connectivity index (χ2v) is 3.53. The molecule has 1 fully saturated rings. The Kier molecular flexibility index (Phi) is 2.25. The van der Waals surface area contributed by atoms with E-state index in [1.165, 1.54) is 6.07 Å². The van der Waals surface area contributed by atoms with E-state index >= 15 is 0 Å². The Bertz CT molecular complexity index is 378. The molecule has 1 aromatic rings. The molecule has 0 saturated heterocycles.